The van der Waals surface area contributed by atoms with Gasteiger partial charge in [-0.25, -0.2) is 0 Å². The number of thioether (sulfide) groups is 1. The summed E-state index contributed by atoms with van der Waals surface area (Å²) in [6.07, 6.45) is 0. The zero-order chi connectivity index (χ0) is 8.10. The Morgan fingerprint density at radius 1 is 1.64 bits per heavy atom. The average molecular weight is 175 g/mol. The van der Waals surface area contributed by atoms with E-state index in [2.05, 4.69) is 19.2 Å². The average Bonchev–Trinajstić information content (AvgIpc) is 2.03. The summed E-state index contributed by atoms with van der Waals surface area (Å²) in [6.45, 7) is 7.24. The van der Waals surface area contributed by atoms with Gasteiger partial charge >= 0.3 is 0 Å². The van der Waals surface area contributed by atoms with Crippen molar-refractivity contribution in [2.45, 2.75) is 25.1 Å². The molecule has 1 atom stereocenters. The predicted molar refractivity (Wildman–Crippen MR) is 50.2 cm³/mol. The quantitative estimate of drug-likeness (QED) is 0.694. The molecule has 0 aliphatic carbocycles. The lowest BCUT2D eigenvalue weighted by atomic mass is 10.3. The highest BCUT2D eigenvalue weighted by molar-refractivity contribution is 7.99. The van der Waals surface area contributed by atoms with Crippen LogP contribution >= 0.6 is 11.8 Å². The molecule has 1 fully saturated rings. The lowest BCUT2D eigenvalue weighted by Gasteiger charge is -2.23. The summed E-state index contributed by atoms with van der Waals surface area (Å²) >= 11 is 2.00. The molecule has 1 aliphatic heterocycles. The van der Waals surface area contributed by atoms with Gasteiger partial charge in [0, 0.05) is 18.3 Å². The van der Waals surface area contributed by atoms with Gasteiger partial charge < -0.3 is 10.1 Å². The molecule has 3 heteroatoms. The molecule has 0 saturated carbocycles. The van der Waals surface area contributed by atoms with Crippen LogP contribution in [0, 0.1) is 0 Å². The van der Waals surface area contributed by atoms with Crippen LogP contribution in [-0.2, 0) is 4.74 Å². The largest absolute Gasteiger partial charge is 0.378 e. The van der Waals surface area contributed by atoms with Gasteiger partial charge in [0.15, 0.2) is 0 Å². The van der Waals surface area contributed by atoms with Gasteiger partial charge in [-0.2, -0.15) is 11.8 Å². The summed E-state index contributed by atoms with van der Waals surface area (Å²) in [5, 5.41) is 4.16. The minimum atomic E-state index is 0.580. The monoisotopic (exact) mass is 175 g/mol. The van der Waals surface area contributed by atoms with Crippen molar-refractivity contribution in [1.29, 1.82) is 0 Å². The molecule has 11 heavy (non-hydrogen) atoms. The first-order valence-corrected chi connectivity index (χ1v) is 5.26. The number of hydrogen-bond acceptors (Lipinski definition) is 3. The molecule has 1 rings (SSSR count). The molecule has 1 N–H and O–H groups in total. The predicted octanol–water partition coefficient (Wildman–Crippen LogP) is 1.12. The topological polar surface area (TPSA) is 21.3 Å². The van der Waals surface area contributed by atoms with E-state index < -0.39 is 0 Å². The van der Waals surface area contributed by atoms with Crippen LogP contribution in [0.4, 0.5) is 0 Å². The minimum Gasteiger partial charge on any atom is -0.378 e. The maximum atomic E-state index is 5.34. The fourth-order valence-electron chi connectivity index (χ4n) is 1.04. The van der Waals surface area contributed by atoms with Gasteiger partial charge in [0.1, 0.15) is 0 Å². The van der Waals surface area contributed by atoms with Gasteiger partial charge in [-0.05, 0) is 5.25 Å². The van der Waals surface area contributed by atoms with Crippen LogP contribution < -0.4 is 5.32 Å². The second kappa shape index (κ2) is 5.01. The van der Waals surface area contributed by atoms with E-state index in [9.17, 15) is 0 Å². The molecular weight excluding hydrogens is 158 g/mol. The number of morpholine rings is 1. The Hall–Kier alpha value is 0.270. The first kappa shape index (κ1) is 9.36. The van der Waals surface area contributed by atoms with Crippen LogP contribution in [0.2, 0.25) is 0 Å². The van der Waals surface area contributed by atoms with E-state index in [1.165, 1.54) is 5.75 Å². The molecule has 0 aromatic heterocycles. The Morgan fingerprint density at radius 3 is 3.00 bits per heavy atom. The molecule has 0 spiro atoms. The van der Waals surface area contributed by atoms with Gasteiger partial charge in [-0.3, -0.25) is 0 Å². The molecule has 2 nitrogen and oxygen atoms in total. The molecule has 0 amide bonds. The fourth-order valence-corrected chi connectivity index (χ4v) is 1.87. The maximum Gasteiger partial charge on any atom is 0.0628 e. The SMILES string of the molecule is CC(C)SCC1COCCN1. The normalized spacial score (nSPS) is 25.9. The van der Waals surface area contributed by atoms with Gasteiger partial charge in [0.25, 0.3) is 0 Å². The van der Waals surface area contributed by atoms with E-state index >= 15 is 0 Å². The minimum absolute atomic E-state index is 0.580. The molecular formula is C8H17NOS. The maximum absolute atomic E-state index is 5.34. The third-order valence-electron chi connectivity index (χ3n) is 1.63. The summed E-state index contributed by atoms with van der Waals surface area (Å²) in [5.74, 6) is 1.18. The molecule has 0 aromatic carbocycles. The van der Waals surface area contributed by atoms with Crippen LogP contribution in [-0.4, -0.2) is 36.8 Å². The highest BCUT2D eigenvalue weighted by Crippen LogP contribution is 2.11. The second-order valence-electron chi connectivity index (χ2n) is 3.11. The van der Waals surface area contributed by atoms with E-state index in [0.29, 0.717) is 6.04 Å². The molecule has 1 aliphatic rings. The highest BCUT2D eigenvalue weighted by Gasteiger charge is 2.12. The van der Waals surface area contributed by atoms with Crippen molar-refractivity contribution in [1.82, 2.24) is 5.32 Å². The summed E-state index contributed by atoms with van der Waals surface area (Å²) in [4.78, 5) is 0. The lowest BCUT2D eigenvalue weighted by molar-refractivity contribution is 0.0837. The van der Waals surface area contributed by atoms with Crippen LogP contribution in [0.25, 0.3) is 0 Å². The number of ether oxygens (including phenoxy) is 1. The molecule has 0 aromatic rings. The number of hydrogen-bond donors (Lipinski definition) is 1. The van der Waals surface area contributed by atoms with Crippen LogP contribution in [0.1, 0.15) is 13.8 Å². The van der Waals surface area contributed by atoms with Crippen molar-refractivity contribution in [3.63, 3.8) is 0 Å². The number of nitrogens with one attached hydrogen (secondary N) is 1. The van der Waals surface area contributed by atoms with Gasteiger partial charge in [-0.1, -0.05) is 13.8 Å². The molecule has 1 saturated heterocycles. The second-order valence-corrected chi connectivity index (χ2v) is 4.72. The Kier molecular flexibility index (Phi) is 4.26. The first-order valence-electron chi connectivity index (χ1n) is 4.22. The Labute approximate surface area is 73.1 Å². The van der Waals surface area contributed by atoms with Crippen LogP contribution in [0.5, 0.6) is 0 Å². The molecule has 0 radical (unpaired) electrons. The van der Waals surface area contributed by atoms with Crippen LogP contribution in [0.15, 0.2) is 0 Å². The van der Waals surface area contributed by atoms with Crippen molar-refractivity contribution in [2.75, 3.05) is 25.5 Å². The summed E-state index contributed by atoms with van der Waals surface area (Å²) in [6, 6.07) is 0.580. The van der Waals surface area contributed by atoms with Gasteiger partial charge in [0.2, 0.25) is 0 Å². The zero-order valence-corrected chi connectivity index (χ0v) is 8.12. The van der Waals surface area contributed by atoms with Crippen LogP contribution in [0.3, 0.4) is 0 Å². The summed E-state index contributed by atoms with van der Waals surface area (Å²) in [7, 11) is 0. The summed E-state index contributed by atoms with van der Waals surface area (Å²) < 4.78 is 5.34. The third-order valence-corrected chi connectivity index (χ3v) is 2.89. The van der Waals surface area contributed by atoms with Crippen molar-refractivity contribution in [3.8, 4) is 0 Å². The van der Waals surface area contributed by atoms with E-state index in [-0.39, 0.29) is 0 Å². The molecule has 1 heterocycles. The Balaban J connectivity index is 2.05. The zero-order valence-electron chi connectivity index (χ0n) is 7.30. The van der Waals surface area contributed by atoms with Crippen molar-refractivity contribution in [3.05, 3.63) is 0 Å². The van der Waals surface area contributed by atoms with E-state index in [4.69, 9.17) is 4.74 Å². The van der Waals surface area contributed by atoms with E-state index in [0.717, 1.165) is 25.0 Å². The van der Waals surface area contributed by atoms with Gasteiger partial charge in [0.05, 0.1) is 13.2 Å². The summed E-state index contributed by atoms with van der Waals surface area (Å²) in [5.41, 5.74) is 0. The third kappa shape index (κ3) is 3.99. The molecule has 66 valence electrons. The fraction of sp³-hybridized carbons (Fsp3) is 1.00. The van der Waals surface area contributed by atoms with E-state index in [1.54, 1.807) is 0 Å². The van der Waals surface area contributed by atoms with Crippen molar-refractivity contribution in [2.24, 2.45) is 0 Å². The highest BCUT2D eigenvalue weighted by atomic mass is 32.2. The lowest BCUT2D eigenvalue weighted by Crippen LogP contribution is -2.43. The first-order chi connectivity index (χ1) is 5.29. The molecule has 0 bridgehead atoms. The molecule has 1 unspecified atom stereocenters. The number of rotatable bonds is 3. The standard InChI is InChI=1S/C8H17NOS/c1-7(2)11-6-8-5-10-4-3-9-8/h7-9H,3-6H2,1-2H3. The smallest absolute Gasteiger partial charge is 0.0628 e. The van der Waals surface area contributed by atoms with E-state index in [1.807, 2.05) is 11.8 Å². The van der Waals surface area contributed by atoms with Crippen molar-refractivity contribution < 1.29 is 4.74 Å². The Morgan fingerprint density at radius 2 is 2.45 bits per heavy atom. The Bertz CT molecular complexity index is 102. The van der Waals surface area contributed by atoms with Crippen molar-refractivity contribution >= 4 is 11.8 Å². The van der Waals surface area contributed by atoms with Gasteiger partial charge in [-0.15, -0.1) is 0 Å².